The number of nitrogens with one attached hydrogen (secondary N) is 1. The maximum atomic E-state index is 4.88. The van der Waals surface area contributed by atoms with Gasteiger partial charge >= 0.3 is 0 Å². The number of anilines is 1. The number of benzene rings is 1. The van der Waals surface area contributed by atoms with E-state index < -0.39 is 0 Å². The van der Waals surface area contributed by atoms with Gasteiger partial charge in [0.05, 0.1) is 5.52 Å². The SMILES string of the molecule is CNc1cc([C@H]2C[C@@H]2c2nccc(C)n2)nc2cc(Br)ccc12. The van der Waals surface area contributed by atoms with E-state index >= 15 is 0 Å². The van der Waals surface area contributed by atoms with Crippen LogP contribution in [0.3, 0.4) is 0 Å². The van der Waals surface area contributed by atoms with Gasteiger partial charge in [-0.3, -0.25) is 4.98 Å². The third kappa shape index (κ3) is 2.70. The maximum absolute atomic E-state index is 4.88. The molecule has 0 unspecified atom stereocenters. The van der Waals surface area contributed by atoms with Crippen molar-refractivity contribution in [3.8, 4) is 0 Å². The molecule has 1 N–H and O–H groups in total. The summed E-state index contributed by atoms with van der Waals surface area (Å²) in [6.45, 7) is 2.01. The summed E-state index contributed by atoms with van der Waals surface area (Å²) in [5.41, 5.74) is 4.27. The van der Waals surface area contributed by atoms with Crippen LogP contribution in [0.1, 0.15) is 35.5 Å². The molecule has 0 amide bonds. The lowest BCUT2D eigenvalue weighted by Gasteiger charge is -2.09. The summed E-state index contributed by atoms with van der Waals surface area (Å²) >= 11 is 3.53. The Hall–Kier alpha value is -2.01. The van der Waals surface area contributed by atoms with E-state index in [-0.39, 0.29) is 0 Å². The number of pyridine rings is 1. The van der Waals surface area contributed by atoms with Crippen LogP contribution in [0.5, 0.6) is 0 Å². The number of hydrogen-bond acceptors (Lipinski definition) is 4. The Morgan fingerprint density at radius 1 is 1.13 bits per heavy atom. The van der Waals surface area contributed by atoms with Gasteiger partial charge in [-0.25, -0.2) is 9.97 Å². The summed E-state index contributed by atoms with van der Waals surface area (Å²) in [6.07, 6.45) is 2.91. The zero-order chi connectivity index (χ0) is 16.0. The van der Waals surface area contributed by atoms with Crippen LogP contribution in [-0.2, 0) is 0 Å². The van der Waals surface area contributed by atoms with Gasteiger partial charge < -0.3 is 5.32 Å². The lowest BCUT2D eigenvalue weighted by molar-refractivity contribution is 0.867. The third-order valence-corrected chi connectivity index (χ3v) is 4.87. The van der Waals surface area contributed by atoms with Crippen LogP contribution in [0.15, 0.2) is 41.0 Å². The van der Waals surface area contributed by atoms with Crippen molar-refractivity contribution in [3.63, 3.8) is 0 Å². The molecule has 1 saturated carbocycles. The molecule has 1 aliphatic rings. The minimum Gasteiger partial charge on any atom is -0.388 e. The Balaban J connectivity index is 1.73. The van der Waals surface area contributed by atoms with Crippen LogP contribution < -0.4 is 5.32 Å². The van der Waals surface area contributed by atoms with Crippen molar-refractivity contribution in [1.82, 2.24) is 15.0 Å². The van der Waals surface area contributed by atoms with Crippen molar-refractivity contribution in [1.29, 1.82) is 0 Å². The number of nitrogens with zero attached hydrogens (tertiary/aromatic N) is 3. The summed E-state index contributed by atoms with van der Waals surface area (Å²) in [5.74, 6) is 1.74. The lowest BCUT2D eigenvalue weighted by Crippen LogP contribution is -1.98. The first-order valence-corrected chi connectivity index (χ1v) is 8.52. The highest BCUT2D eigenvalue weighted by Gasteiger charge is 2.43. The van der Waals surface area contributed by atoms with Crippen LogP contribution in [0.25, 0.3) is 10.9 Å². The molecule has 4 nitrogen and oxygen atoms in total. The van der Waals surface area contributed by atoms with Gasteiger partial charge in [0.1, 0.15) is 5.82 Å². The van der Waals surface area contributed by atoms with E-state index in [0.717, 1.165) is 44.7 Å². The van der Waals surface area contributed by atoms with Crippen LogP contribution in [0.4, 0.5) is 5.69 Å². The predicted molar refractivity (Wildman–Crippen MR) is 95.9 cm³/mol. The van der Waals surface area contributed by atoms with Gasteiger partial charge in [0.15, 0.2) is 0 Å². The lowest BCUT2D eigenvalue weighted by atomic mass is 10.1. The number of hydrogen-bond donors (Lipinski definition) is 1. The molecule has 1 aliphatic carbocycles. The maximum Gasteiger partial charge on any atom is 0.132 e. The highest BCUT2D eigenvalue weighted by molar-refractivity contribution is 9.10. The van der Waals surface area contributed by atoms with Crippen molar-refractivity contribution in [3.05, 3.63) is 58.2 Å². The van der Waals surface area contributed by atoms with Crippen LogP contribution >= 0.6 is 15.9 Å². The molecule has 1 fully saturated rings. The number of fused-ring (bicyclic) bond motifs is 1. The standard InChI is InChI=1S/C18H17BrN4/c1-10-5-6-21-18(22-10)14-8-13(14)17-9-15(20-2)12-4-3-11(19)7-16(12)23-17/h3-7,9,13-14H,8H2,1-2H3,(H,20,23)/t13-,14-/m0/s1. The smallest absolute Gasteiger partial charge is 0.132 e. The van der Waals surface area contributed by atoms with Crippen molar-refractivity contribution in [2.24, 2.45) is 0 Å². The highest BCUT2D eigenvalue weighted by atomic mass is 79.9. The van der Waals surface area contributed by atoms with Gasteiger partial charge in [0.25, 0.3) is 0 Å². The molecule has 2 aromatic heterocycles. The molecule has 3 aromatic rings. The van der Waals surface area contributed by atoms with Crippen molar-refractivity contribution < 1.29 is 0 Å². The first-order valence-electron chi connectivity index (χ1n) is 7.73. The zero-order valence-corrected chi connectivity index (χ0v) is 14.6. The topological polar surface area (TPSA) is 50.7 Å². The summed E-state index contributed by atoms with van der Waals surface area (Å²) in [7, 11) is 1.95. The predicted octanol–water partition coefficient (Wildman–Crippen LogP) is 4.41. The van der Waals surface area contributed by atoms with E-state index in [2.05, 4.69) is 49.4 Å². The molecule has 2 heterocycles. The van der Waals surface area contributed by atoms with Crippen molar-refractivity contribution in [2.75, 3.05) is 12.4 Å². The van der Waals surface area contributed by atoms with E-state index in [1.807, 2.05) is 32.3 Å². The molecule has 0 saturated heterocycles. The van der Waals surface area contributed by atoms with Gasteiger partial charge in [-0.15, -0.1) is 0 Å². The Morgan fingerprint density at radius 3 is 2.78 bits per heavy atom. The Labute approximate surface area is 143 Å². The normalized spacial score (nSPS) is 19.8. The fourth-order valence-corrected chi connectivity index (χ4v) is 3.42. The van der Waals surface area contributed by atoms with E-state index in [4.69, 9.17) is 4.98 Å². The molecule has 0 aliphatic heterocycles. The zero-order valence-electron chi connectivity index (χ0n) is 13.0. The fraction of sp³-hybridized carbons (Fsp3) is 0.278. The van der Waals surface area contributed by atoms with Crippen LogP contribution in [-0.4, -0.2) is 22.0 Å². The molecule has 2 atom stereocenters. The Kier molecular flexibility index (Phi) is 3.53. The molecule has 4 rings (SSSR count). The largest absolute Gasteiger partial charge is 0.388 e. The second-order valence-corrected chi connectivity index (χ2v) is 6.93. The summed E-state index contributed by atoms with van der Waals surface area (Å²) in [6, 6.07) is 10.3. The minimum atomic E-state index is 0.386. The highest BCUT2D eigenvalue weighted by Crippen LogP contribution is 2.53. The molecule has 0 bridgehead atoms. The van der Waals surface area contributed by atoms with Crippen molar-refractivity contribution >= 4 is 32.5 Å². The number of aromatic nitrogens is 3. The first-order chi connectivity index (χ1) is 11.2. The molecule has 5 heteroatoms. The van der Waals surface area contributed by atoms with Gasteiger partial charge in [0.2, 0.25) is 0 Å². The average Bonchev–Trinajstić information content (AvgIpc) is 3.34. The molecule has 0 radical (unpaired) electrons. The molecular weight excluding hydrogens is 352 g/mol. The number of aryl methyl sites for hydroxylation is 1. The summed E-state index contributed by atoms with van der Waals surface area (Å²) < 4.78 is 1.05. The van der Waals surface area contributed by atoms with E-state index in [9.17, 15) is 0 Å². The molecular formula is C18H17BrN4. The Morgan fingerprint density at radius 2 is 2.00 bits per heavy atom. The van der Waals surface area contributed by atoms with Gasteiger partial charge in [-0.05, 0) is 43.7 Å². The van der Waals surface area contributed by atoms with Crippen LogP contribution in [0.2, 0.25) is 0 Å². The minimum absolute atomic E-state index is 0.386. The third-order valence-electron chi connectivity index (χ3n) is 4.38. The second-order valence-electron chi connectivity index (χ2n) is 6.01. The van der Waals surface area contributed by atoms with E-state index in [1.165, 1.54) is 0 Å². The van der Waals surface area contributed by atoms with E-state index in [1.54, 1.807) is 0 Å². The monoisotopic (exact) mass is 368 g/mol. The van der Waals surface area contributed by atoms with Crippen molar-refractivity contribution in [2.45, 2.75) is 25.2 Å². The fourth-order valence-electron chi connectivity index (χ4n) is 3.07. The van der Waals surface area contributed by atoms with Gasteiger partial charge in [-0.1, -0.05) is 15.9 Å². The molecule has 1 aromatic carbocycles. The second kappa shape index (κ2) is 5.57. The Bertz CT molecular complexity index is 893. The van der Waals surface area contributed by atoms with E-state index in [0.29, 0.717) is 11.8 Å². The first kappa shape index (κ1) is 14.6. The molecule has 23 heavy (non-hydrogen) atoms. The summed E-state index contributed by atoms with van der Waals surface area (Å²) in [5, 5.41) is 4.43. The molecule has 116 valence electrons. The average molecular weight is 369 g/mol. The number of rotatable bonds is 3. The molecule has 0 spiro atoms. The van der Waals surface area contributed by atoms with Gasteiger partial charge in [-0.2, -0.15) is 0 Å². The number of halogens is 1. The van der Waals surface area contributed by atoms with Gasteiger partial charge in [0, 0.05) is 52.0 Å². The van der Waals surface area contributed by atoms with Crippen LogP contribution in [0, 0.1) is 6.92 Å². The summed E-state index contributed by atoms with van der Waals surface area (Å²) in [4.78, 5) is 13.9. The quantitative estimate of drug-likeness (QED) is 0.743.